The van der Waals surface area contributed by atoms with Gasteiger partial charge in [0.05, 0.1) is 25.2 Å². The molecule has 1 aromatic rings. The Morgan fingerprint density at radius 3 is 2.63 bits per heavy atom. The van der Waals surface area contributed by atoms with Crippen molar-refractivity contribution < 1.29 is 14.3 Å². The molecule has 2 amide bonds. The second-order valence-corrected chi connectivity index (χ2v) is 8.21. The molecule has 1 N–H and O–H groups in total. The first-order valence-corrected chi connectivity index (χ1v) is 10.4. The lowest BCUT2D eigenvalue weighted by molar-refractivity contribution is -0.133. The molecular formula is C20H22N6O3S. The highest BCUT2D eigenvalue weighted by atomic mass is 32.2. The van der Waals surface area contributed by atoms with E-state index in [9.17, 15) is 9.59 Å². The van der Waals surface area contributed by atoms with Gasteiger partial charge in [0.2, 0.25) is 11.1 Å². The van der Waals surface area contributed by atoms with Crippen molar-refractivity contribution in [1.29, 1.82) is 5.41 Å². The Hall–Kier alpha value is -2.98. The van der Waals surface area contributed by atoms with Crippen molar-refractivity contribution >= 4 is 51.4 Å². The average molecular weight is 427 g/mol. The highest BCUT2D eigenvalue weighted by Crippen LogP contribution is 2.30. The molecule has 4 rings (SSSR count). The molecule has 0 bridgehead atoms. The normalized spacial score (nSPS) is 20.3. The number of ether oxygens (including phenoxy) is 1. The number of amidine groups is 2. The van der Waals surface area contributed by atoms with Crippen molar-refractivity contribution in [2.75, 3.05) is 45.3 Å². The first kappa shape index (κ1) is 20.3. The number of thioether (sulfide) groups is 1. The Morgan fingerprint density at radius 2 is 1.97 bits per heavy atom. The van der Waals surface area contributed by atoms with Gasteiger partial charge >= 0.3 is 0 Å². The summed E-state index contributed by atoms with van der Waals surface area (Å²) in [5, 5.41) is 15.0. The summed E-state index contributed by atoms with van der Waals surface area (Å²) in [6.45, 7) is 2.20. The molecule has 156 valence electrons. The van der Waals surface area contributed by atoms with Crippen molar-refractivity contribution in [2.24, 2.45) is 10.1 Å². The molecule has 0 saturated carbocycles. The maximum atomic E-state index is 12.5. The molecule has 0 aromatic heterocycles. The minimum absolute atomic E-state index is 0.0389. The Balaban J connectivity index is 1.50. The first-order valence-electron chi connectivity index (χ1n) is 9.54. The van der Waals surface area contributed by atoms with E-state index in [4.69, 9.17) is 10.1 Å². The number of morpholine rings is 1. The van der Waals surface area contributed by atoms with Crippen molar-refractivity contribution in [3.05, 3.63) is 35.4 Å². The number of hydrazone groups is 1. The summed E-state index contributed by atoms with van der Waals surface area (Å²) in [4.78, 5) is 32.8. The fraction of sp³-hybridized carbons (Fsp3) is 0.350. The molecule has 3 aliphatic heterocycles. The van der Waals surface area contributed by atoms with Crippen LogP contribution in [-0.4, -0.2) is 78.2 Å². The van der Waals surface area contributed by atoms with E-state index in [2.05, 4.69) is 10.1 Å². The van der Waals surface area contributed by atoms with Crippen molar-refractivity contribution in [3.8, 4) is 0 Å². The van der Waals surface area contributed by atoms with Crippen LogP contribution in [0.5, 0.6) is 0 Å². The number of fused-ring (bicyclic) bond motifs is 1. The molecule has 10 heteroatoms. The van der Waals surface area contributed by atoms with Gasteiger partial charge in [-0.25, -0.2) is 0 Å². The van der Waals surface area contributed by atoms with Crippen LogP contribution in [0.4, 0.5) is 5.69 Å². The van der Waals surface area contributed by atoms with E-state index in [-0.39, 0.29) is 23.7 Å². The number of amides is 2. The summed E-state index contributed by atoms with van der Waals surface area (Å²) < 4.78 is 5.27. The van der Waals surface area contributed by atoms with Crippen LogP contribution in [0.25, 0.3) is 6.08 Å². The van der Waals surface area contributed by atoms with Crippen molar-refractivity contribution in [3.63, 3.8) is 0 Å². The van der Waals surface area contributed by atoms with Crippen molar-refractivity contribution in [1.82, 2.24) is 9.91 Å². The standard InChI is InChI=1S/C20H22N6O3S/c1-24(2)14-5-3-13(4-6-14)11-15-18(21)26-20(22-19(15)28)30-16(23-26)12-17(27)25-7-9-29-10-8-25/h3-6,11,21H,7-10,12H2,1-2H3. The third-order valence-corrected chi connectivity index (χ3v) is 5.79. The first-order chi connectivity index (χ1) is 14.4. The quantitative estimate of drug-likeness (QED) is 0.734. The molecule has 1 aromatic carbocycles. The number of carbonyl (C=O) groups is 2. The van der Waals surface area contributed by atoms with E-state index in [1.807, 2.05) is 43.3 Å². The number of aliphatic imine (C=N–C) groups is 1. The molecule has 1 fully saturated rings. The molecule has 9 nitrogen and oxygen atoms in total. The van der Waals surface area contributed by atoms with Gasteiger partial charge < -0.3 is 14.5 Å². The van der Waals surface area contributed by atoms with Gasteiger partial charge in [-0.2, -0.15) is 15.1 Å². The van der Waals surface area contributed by atoms with Gasteiger partial charge in [0.1, 0.15) is 5.04 Å². The zero-order valence-electron chi connectivity index (χ0n) is 16.8. The number of nitrogens with zero attached hydrogens (tertiary/aromatic N) is 5. The van der Waals surface area contributed by atoms with Gasteiger partial charge in [0.15, 0.2) is 5.84 Å². The number of rotatable bonds is 4. The molecular weight excluding hydrogens is 404 g/mol. The zero-order valence-corrected chi connectivity index (χ0v) is 17.6. The molecule has 0 spiro atoms. The molecule has 1 saturated heterocycles. The minimum Gasteiger partial charge on any atom is -0.378 e. The fourth-order valence-corrected chi connectivity index (χ4v) is 4.07. The van der Waals surface area contributed by atoms with E-state index in [0.717, 1.165) is 23.0 Å². The average Bonchev–Trinajstić information content (AvgIpc) is 3.14. The van der Waals surface area contributed by atoms with Gasteiger partial charge in [0.25, 0.3) is 5.91 Å². The molecule has 0 radical (unpaired) electrons. The third kappa shape index (κ3) is 4.14. The van der Waals surface area contributed by atoms with E-state index >= 15 is 0 Å². The molecule has 3 heterocycles. The summed E-state index contributed by atoms with van der Waals surface area (Å²) in [6, 6.07) is 7.65. The van der Waals surface area contributed by atoms with Crippen LogP contribution in [0.1, 0.15) is 12.0 Å². The summed E-state index contributed by atoms with van der Waals surface area (Å²) in [5.74, 6) is -0.561. The lowest BCUT2D eigenvalue weighted by Crippen LogP contribution is -2.41. The summed E-state index contributed by atoms with van der Waals surface area (Å²) >= 11 is 1.16. The zero-order chi connectivity index (χ0) is 21.3. The largest absolute Gasteiger partial charge is 0.378 e. The fourth-order valence-electron chi connectivity index (χ4n) is 3.19. The van der Waals surface area contributed by atoms with E-state index < -0.39 is 5.91 Å². The summed E-state index contributed by atoms with van der Waals surface area (Å²) in [6.07, 6.45) is 1.76. The van der Waals surface area contributed by atoms with Gasteiger partial charge in [-0.15, -0.1) is 0 Å². The van der Waals surface area contributed by atoms with Crippen molar-refractivity contribution in [2.45, 2.75) is 6.42 Å². The molecule has 30 heavy (non-hydrogen) atoms. The lowest BCUT2D eigenvalue weighted by atomic mass is 10.1. The number of nitrogens with one attached hydrogen (secondary N) is 1. The molecule has 0 unspecified atom stereocenters. The Labute approximate surface area is 178 Å². The summed E-state index contributed by atoms with van der Waals surface area (Å²) in [7, 11) is 3.91. The van der Waals surface area contributed by atoms with E-state index in [0.29, 0.717) is 36.5 Å². The van der Waals surface area contributed by atoms with Crippen LogP contribution in [0, 0.1) is 5.41 Å². The second-order valence-electron chi connectivity index (χ2n) is 7.17. The van der Waals surface area contributed by atoms with Gasteiger partial charge in [-0.3, -0.25) is 15.0 Å². The van der Waals surface area contributed by atoms with E-state index in [1.165, 1.54) is 5.01 Å². The monoisotopic (exact) mass is 426 g/mol. The van der Waals surface area contributed by atoms with Gasteiger partial charge in [-0.05, 0) is 35.5 Å². The minimum atomic E-state index is -0.480. The lowest BCUT2D eigenvalue weighted by Gasteiger charge is -2.26. The maximum Gasteiger partial charge on any atom is 0.283 e. The molecule has 0 atom stereocenters. The molecule has 3 aliphatic rings. The van der Waals surface area contributed by atoms with Crippen LogP contribution < -0.4 is 4.90 Å². The molecule has 0 aliphatic carbocycles. The predicted octanol–water partition coefficient (Wildman–Crippen LogP) is 1.62. The van der Waals surface area contributed by atoms with Crippen LogP contribution in [0.3, 0.4) is 0 Å². The van der Waals surface area contributed by atoms with Gasteiger partial charge in [-0.1, -0.05) is 12.1 Å². The van der Waals surface area contributed by atoms with Crippen LogP contribution in [-0.2, 0) is 14.3 Å². The third-order valence-electron chi connectivity index (χ3n) is 4.88. The Morgan fingerprint density at radius 1 is 1.27 bits per heavy atom. The van der Waals surface area contributed by atoms with Crippen LogP contribution in [0.2, 0.25) is 0 Å². The summed E-state index contributed by atoms with van der Waals surface area (Å²) in [5.41, 5.74) is 2.00. The van der Waals surface area contributed by atoms with Gasteiger partial charge in [0, 0.05) is 32.9 Å². The topological polar surface area (TPSA) is 102 Å². The number of hydrogen-bond acceptors (Lipinski definition) is 7. The Bertz CT molecular complexity index is 977. The second kappa shape index (κ2) is 8.41. The SMILES string of the molecule is CN(C)c1ccc(C=C2C(=N)N3N=C(CC(=O)N4CCOCC4)SC3=NC2=O)cc1. The predicted molar refractivity (Wildman–Crippen MR) is 118 cm³/mol. The van der Waals surface area contributed by atoms with E-state index in [1.54, 1.807) is 11.0 Å². The Kier molecular flexibility index (Phi) is 5.69. The number of anilines is 1. The van der Waals surface area contributed by atoms with Crippen LogP contribution in [0.15, 0.2) is 39.9 Å². The number of carbonyl (C=O) groups excluding carboxylic acids is 2. The highest BCUT2D eigenvalue weighted by Gasteiger charge is 2.36. The van der Waals surface area contributed by atoms with Crippen LogP contribution >= 0.6 is 11.8 Å². The highest BCUT2D eigenvalue weighted by molar-refractivity contribution is 8.27. The number of benzene rings is 1. The maximum absolute atomic E-state index is 12.5. The number of hydrogen-bond donors (Lipinski definition) is 1. The smallest absolute Gasteiger partial charge is 0.283 e.